The second-order valence-electron chi connectivity index (χ2n) is 6.26. The van der Waals surface area contributed by atoms with E-state index >= 15 is 0 Å². The van der Waals surface area contributed by atoms with Gasteiger partial charge in [-0.2, -0.15) is 13.2 Å². The molecule has 0 aliphatic rings. The number of aromatic amines is 1. The molecule has 4 aromatic rings. The van der Waals surface area contributed by atoms with Crippen molar-refractivity contribution < 1.29 is 17.9 Å². The number of rotatable bonds is 5. The second kappa shape index (κ2) is 7.75. The van der Waals surface area contributed by atoms with Gasteiger partial charge in [0, 0.05) is 30.4 Å². The van der Waals surface area contributed by atoms with Gasteiger partial charge in [-0.25, -0.2) is 0 Å². The molecular formula is C21H15F3N4O. The molecule has 3 aromatic heterocycles. The summed E-state index contributed by atoms with van der Waals surface area (Å²) in [6, 6.07) is 13.4. The van der Waals surface area contributed by atoms with E-state index < -0.39 is 11.7 Å². The van der Waals surface area contributed by atoms with E-state index in [9.17, 15) is 13.2 Å². The number of nitrogens with zero attached hydrogens (tertiary/aromatic N) is 3. The summed E-state index contributed by atoms with van der Waals surface area (Å²) < 4.78 is 43.8. The SMILES string of the molecule is FC(F)(F)c1ccc(-c2ccc(COc3n[nH]cc3-c3ccncc3)cc2)nc1. The Labute approximate surface area is 164 Å². The molecule has 0 amide bonds. The maximum Gasteiger partial charge on any atom is 0.417 e. The third-order valence-corrected chi connectivity index (χ3v) is 4.31. The van der Waals surface area contributed by atoms with Crippen molar-refractivity contribution in [1.29, 1.82) is 0 Å². The van der Waals surface area contributed by atoms with E-state index in [1.54, 1.807) is 30.7 Å². The molecule has 0 bridgehead atoms. The maximum atomic E-state index is 12.6. The van der Waals surface area contributed by atoms with Crippen LogP contribution in [0.5, 0.6) is 5.88 Å². The quantitative estimate of drug-likeness (QED) is 0.508. The standard InChI is InChI=1S/C21H15F3N4O/c22-21(23,24)17-5-6-19(26-11-17)16-3-1-14(2-4-16)13-29-20-18(12-27-28-20)15-7-9-25-10-8-15/h1-12H,13H2,(H,27,28). The predicted molar refractivity (Wildman–Crippen MR) is 101 cm³/mol. The van der Waals surface area contributed by atoms with Gasteiger partial charge in [0.1, 0.15) is 6.61 Å². The molecule has 5 nitrogen and oxygen atoms in total. The summed E-state index contributed by atoms with van der Waals surface area (Å²) in [6.45, 7) is 0.295. The van der Waals surface area contributed by atoms with Gasteiger partial charge in [0.25, 0.3) is 0 Å². The van der Waals surface area contributed by atoms with Gasteiger partial charge in [-0.1, -0.05) is 24.3 Å². The van der Waals surface area contributed by atoms with Gasteiger partial charge < -0.3 is 4.74 Å². The van der Waals surface area contributed by atoms with Crippen molar-refractivity contribution in [3.8, 4) is 28.3 Å². The molecule has 0 aliphatic heterocycles. The molecule has 8 heteroatoms. The van der Waals surface area contributed by atoms with Crippen LogP contribution in [0, 0.1) is 0 Å². The van der Waals surface area contributed by atoms with Gasteiger partial charge >= 0.3 is 6.18 Å². The van der Waals surface area contributed by atoms with Crippen LogP contribution in [0.15, 0.2) is 73.3 Å². The van der Waals surface area contributed by atoms with Crippen molar-refractivity contribution in [1.82, 2.24) is 20.2 Å². The van der Waals surface area contributed by atoms with Crippen molar-refractivity contribution in [2.45, 2.75) is 12.8 Å². The van der Waals surface area contributed by atoms with Gasteiger partial charge in [-0.15, -0.1) is 5.10 Å². The lowest BCUT2D eigenvalue weighted by molar-refractivity contribution is -0.137. The molecule has 29 heavy (non-hydrogen) atoms. The Morgan fingerprint density at radius 1 is 0.897 bits per heavy atom. The van der Waals surface area contributed by atoms with Crippen LogP contribution in [0.1, 0.15) is 11.1 Å². The van der Waals surface area contributed by atoms with Crippen LogP contribution in [0.3, 0.4) is 0 Å². The molecule has 0 saturated heterocycles. The number of pyridine rings is 2. The minimum Gasteiger partial charge on any atom is -0.471 e. The highest BCUT2D eigenvalue weighted by Gasteiger charge is 2.30. The summed E-state index contributed by atoms with van der Waals surface area (Å²) in [4.78, 5) is 7.90. The van der Waals surface area contributed by atoms with Crippen LogP contribution in [0.2, 0.25) is 0 Å². The highest BCUT2D eigenvalue weighted by atomic mass is 19.4. The molecule has 3 heterocycles. The first-order chi connectivity index (χ1) is 14.0. The summed E-state index contributed by atoms with van der Waals surface area (Å²) in [7, 11) is 0. The summed E-state index contributed by atoms with van der Waals surface area (Å²) in [5.74, 6) is 0.477. The van der Waals surface area contributed by atoms with Crippen molar-refractivity contribution in [3.63, 3.8) is 0 Å². The Bertz CT molecular complexity index is 1080. The molecule has 0 aliphatic carbocycles. The number of aromatic nitrogens is 4. The van der Waals surface area contributed by atoms with Crippen molar-refractivity contribution in [2.24, 2.45) is 0 Å². The number of hydrogen-bond acceptors (Lipinski definition) is 4. The van der Waals surface area contributed by atoms with Gasteiger partial charge in [0.15, 0.2) is 0 Å². The number of nitrogens with one attached hydrogen (secondary N) is 1. The third kappa shape index (κ3) is 4.26. The summed E-state index contributed by atoms with van der Waals surface area (Å²) >= 11 is 0. The molecule has 0 spiro atoms. The van der Waals surface area contributed by atoms with E-state index in [4.69, 9.17) is 4.74 Å². The van der Waals surface area contributed by atoms with Crippen molar-refractivity contribution >= 4 is 0 Å². The Balaban J connectivity index is 1.44. The average molecular weight is 396 g/mol. The molecule has 0 unspecified atom stereocenters. The number of alkyl halides is 3. The van der Waals surface area contributed by atoms with Crippen LogP contribution in [0.4, 0.5) is 13.2 Å². The Kier molecular flexibility index (Phi) is 4.99. The molecule has 0 radical (unpaired) electrons. The van der Waals surface area contributed by atoms with E-state index in [2.05, 4.69) is 20.2 Å². The lowest BCUT2D eigenvalue weighted by Crippen LogP contribution is -2.05. The topological polar surface area (TPSA) is 63.7 Å². The fraction of sp³-hybridized carbons (Fsp3) is 0.0952. The van der Waals surface area contributed by atoms with Crippen LogP contribution < -0.4 is 4.74 Å². The van der Waals surface area contributed by atoms with Crippen LogP contribution in [-0.4, -0.2) is 20.2 Å². The number of H-pyrrole nitrogens is 1. The van der Waals surface area contributed by atoms with E-state index in [1.165, 1.54) is 6.07 Å². The van der Waals surface area contributed by atoms with E-state index in [0.29, 0.717) is 18.2 Å². The molecule has 4 rings (SSSR count). The zero-order valence-corrected chi connectivity index (χ0v) is 15.0. The van der Waals surface area contributed by atoms with Gasteiger partial charge in [-0.3, -0.25) is 15.1 Å². The summed E-state index contributed by atoms with van der Waals surface area (Å²) in [5.41, 5.74) is 3.09. The molecular weight excluding hydrogens is 381 g/mol. The van der Waals surface area contributed by atoms with Gasteiger partial charge in [0.2, 0.25) is 5.88 Å². The Hall–Kier alpha value is -3.68. The first-order valence-corrected chi connectivity index (χ1v) is 8.70. The van der Waals surface area contributed by atoms with Crippen LogP contribution >= 0.6 is 0 Å². The van der Waals surface area contributed by atoms with Crippen LogP contribution in [0.25, 0.3) is 22.4 Å². The van der Waals surface area contributed by atoms with Crippen molar-refractivity contribution in [3.05, 3.63) is 84.4 Å². The normalized spacial score (nSPS) is 11.4. The molecule has 0 atom stereocenters. The number of halogens is 3. The number of hydrogen-bond donors (Lipinski definition) is 1. The van der Waals surface area contributed by atoms with Gasteiger partial charge in [0.05, 0.1) is 16.8 Å². The minimum atomic E-state index is -4.39. The number of benzene rings is 1. The largest absolute Gasteiger partial charge is 0.471 e. The smallest absolute Gasteiger partial charge is 0.417 e. The third-order valence-electron chi connectivity index (χ3n) is 4.31. The fourth-order valence-electron chi connectivity index (χ4n) is 2.78. The summed E-state index contributed by atoms with van der Waals surface area (Å²) in [6.07, 6.45) is 1.59. The Morgan fingerprint density at radius 2 is 1.66 bits per heavy atom. The van der Waals surface area contributed by atoms with Crippen molar-refractivity contribution in [2.75, 3.05) is 0 Å². The lowest BCUT2D eigenvalue weighted by atomic mass is 10.1. The van der Waals surface area contributed by atoms with Gasteiger partial charge in [-0.05, 0) is 35.4 Å². The molecule has 1 aromatic carbocycles. The second-order valence-corrected chi connectivity index (χ2v) is 6.26. The van der Waals surface area contributed by atoms with E-state index in [1.807, 2.05) is 24.3 Å². The lowest BCUT2D eigenvalue weighted by Gasteiger charge is -2.08. The zero-order valence-electron chi connectivity index (χ0n) is 15.0. The Morgan fingerprint density at radius 3 is 2.31 bits per heavy atom. The highest BCUT2D eigenvalue weighted by molar-refractivity contribution is 5.67. The predicted octanol–water partition coefficient (Wildman–Crippen LogP) is 5.13. The molecule has 0 saturated carbocycles. The monoisotopic (exact) mass is 396 g/mol. The number of ether oxygens (including phenoxy) is 1. The van der Waals surface area contributed by atoms with Crippen LogP contribution in [-0.2, 0) is 12.8 Å². The average Bonchev–Trinajstić information content (AvgIpc) is 3.21. The first kappa shape index (κ1) is 18.7. The summed E-state index contributed by atoms with van der Waals surface area (Å²) in [5, 5.41) is 6.93. The molecule has 146 valence electrons. The van der Waals surface area contributed by atoms with E-state index in [0.717, 1.165) is 34.5 Å². The molecule has 0 fully saturated rings. The first-order valence-electron chi connectivity index (χ1n) is 8.70. The minimum absolute atomic E-state index is 0.295. The maximum absolute atomic E-state index is 12.6. The van der Waals surface area contributed by atoms with E-state index in [-0.39, 0.29) is 0 Å². The highest BCUT2D eigenvalue weighted by Crippen LogP contribution is 2.30. The fourth-order valence-corrected chi connectivity index (χ4v) is 2.78. The zero-order chi connectivity index (χ0) is 20.3. The molecule has 1 N–H and O–H groups in total.